The smallest absolute Gasteiger partial charge is 0.0736 e. The first kappa shape index (κ1) is 41.8. The lowest BCUT2D eigenvalue weighted by Gasteiger charge is -2.10. The second-order valence-corrected chi connectivity index (χ2v) is 18.5. The molecular formula is C60H60N6. The van der Waals surface area contributed by atoms with Crippen LogP contribution < -0.4 is 0 Å². The summed E-state index contributed by atoms with van der Waals surface area (Å²) in [5, 5.41) is 5.22. The Balaban J connectivity index is 1.03. The van der Waals surface area contributed by atoms with E-state index in [4.69, 9.17) is 9.97 Å². The van der Waals surface area contributed by atoms with Crippen molar-refractivity contribution in [1.82, 2.24) is 29.1 Å². The van der Waals surface area contributed by atoms with E-state index in [2.05, 4.69) is 179 Å². The van der Waals surface area contributed by atoms with Gasteiger partial charge in [0.05, 0.1) is 22.8 Å². The second-order valence-electron chi connectivity index (χ2n) is 18.5. The summed E-state index contributed by atoms with van der Waals surface area (Å²) in [6.07, 6.45) is 23.9. The van der Waals surface area contributed by atoms with E-state index in [0.29, 0.717) is 0 Å². The van der Waals surface area contributed by atoms with E-state index in [9.17, 15) is 0 Å². The van der Waals surface area contributed by atoms with Gasteiger partial charge in [0, 0.05) is 89.9 Å². The molecule has 2 N–H and O–H groups in total. The van der Waals surface area contributed by atoms with Gasteiger partial charge in [-0.3, -0.25) is 0 Å². The summed E-state index contributed by atoms with van der Waals surface area (Å²) in [6, 6.07) is 44.8. The molecular weight excluding hydrogens is 805 g/mol. The minimum absolute atomic E-state index is 0.913. The van der Waals surface area contributed by atoms with E-state index >= 15 is 0 Å². The van der Waals surface area contributed by atoms with Crippen LogP contribution >= 0.6 is 0 Å². The lowest BCUT2D eigenvalue weighted by atomic mass is 10.0. The zero-order valence-electron chi connectivity index (χ0n) is 38.5. The maximum atomic E-state index is 5.32. The maximum absolute atomic E-state index is 5.32. The van der Waals surface area contributed by atoms with Crippen molar-refractivity contribution in [2.24, 2.45) is 0 Å². The summed E-state index contributed by atoms with van der Waals surface area (Å²) < 4.78 is 5.10. The SMILES string of the molecule is CCCCCCCCn1c2ccccc2c2ccc(-c3c4nc(cc5ccc([nH]5)c(-c5ccc6c7ccccc7n(CCCCCCCC)c6c5)c5nc(cc6ccc3[nH]6)C=C5)C=C4)cc21. The number of benzene rings is 4. The van der Waals surface area contributed by atoms with Crippen LogP contribution in [0.3, 0.4) is 0 Å². The van der Waals surface area contributed by atoms with Crippen LogP contribution in [0.2, 0.25) is 0 Å². The van der Waals surface area contributed by atoms with Gasteiger partial charge in [0.15, 0.2) is 0 Å². The standard InChI is InChI=1S/C60H60N6/c1-3-5-7-9-11-17-35-65-55-21-15-13-19-47(55)49-29-23-41(37-57(49)65)59-51-31-25-43(61-51)39-45-27-33-53(63-45)60(54-34-28-46(64-54)40-44-26-32-52(59)62-44)42-24-30-50-48-20-14-16-22-56(48)66(58(50)38-42)36-18-12-10-8-6-4-2/h13-16,19-34,37-40,61,64H,3-12,17-18,35-36H2,1-2H3. The third-order valence-electron chi connectivity index (χ3n) is 14.0. The number of nitrogens with zero attached hydrogens (tertiary/aromatic N) is 4. The summed E-state index contributed by atoms with van der Waals surface area (Å²) >= 11 is 0. The van der Waals surface area contributed by atoms with E-state index in [1.54, 1.807) is 0 Å². The number of nitrogens with one attached hydrogen (secondary N) is 2. The zero-order chi connectivity index (χ0) is 44.4. The van der Waals surface area contributed by atoms with E-state index in [1.807, 2.05) is 0 Å². The molecule has 0 saturated heterocycles. The molecule has 0 radical (unpaired) electrons. The quantitative estimate of drug-likeness (QED) is 0.0950. The third-order valence-corrected chi connectivity index (χ3v) is 14.0. The highest BCUT2D eigenvalue weighted by Crippen LogP contribution is 2.38. The molecule has 2 aliphatic rings. The Kier molecular flexibility index (Phi) is 11.7. The number of fused-ring (bicyclic) bond motifs is 14. The van der Waals surface area contributed by atoms with Gasteiger partial charge in [-0.25, -0.2) is 9.97 Å². The van der Waals surface area contributed by atoms with Crippen molar-refractivity contribution in [2.45, 2.75) is 104 Å². The van der Waals surface area contributed by atoms with Gasteiger partial charge in [0.25, 0.3) is 0 Å². The Morgan fingerprint density at radius 1 is 0.394 bits per heavy atom. The maximum Gasteiger partial charge on any atom is 0.0736 e. The molecule has 0 unspecified atom stereocenters. The van der Waals surface area contributed by atoms with Crippen LogP contribution in [0, 0.1) is 0 Å². The molecule has 0 atom stereocenters. The summed E-state index contributed by atoms with van der Waals surface area (Å²) in [6.45, 7) is 6.59. The summed E-state index contributed by atoms with van der Waals surface area (Å²) in [7, 11) is 0. The van der Waals surface area contributed by atoms with Crippen LogP contribution in [0.1, 0.15) is 114 Å². The molecule has 0 spiro atoms. The topological polar surface area (TPSA) is 67.2 Å². The molecule has 6 heteroatoms. The van der Waals surface area contributed by atoms with Gasteiger partial charge < -0.3 is 19.1 Å². The fourth-order valence-electron chi connectivity index (χ4n) is 10.7. The molecule has 11 rings (SSSR count). The number of unbranched alkanes of at least 4 members (excludes halogenated alkanes) is 10. The van der Waals surface area contributed by atoms with Gasteiger partial charge in [-0.2, -0.15) is 0 Å². The van der Waals surface area contributed by atoms with Crippen molar-refractivity contribution in [1.29, 1.82) is 0 Å². The number of rotatable bonds is 16. The Morgan fingerprint density at radius 2 is 0.818 bits per heavy atom. The molecule has 2 aliphatic heterocycles. The van der Waals surface area contributed by atoms with Gasteiger partial charge in [-0.05, 0) is 109 Å². The fourth-order valence-corrected chi connectivity index (χ4v) is 10.7. The van der Waals surface area contributed by atoms with Crippen LogP contribution in [0.5, 0.6) is 0 Å². The minimum atomic E-state index is 0.913. The largest absolute Gasteiger partial charge is 0.355 e. The predicted octanol–water partition coefficient (Wildman–Crippen LogP) is 16.9. The van der Waals surface area contributed by atoms with Crippen LogP contribution in [-0.4, -0.2) is 29.1 Å². The molecule has 9 aromatic rings. The van der Waals surface area contributed by atoms with Gasteiger partial charge in [-0.15, -0.1) is 0 Å². The zero-order valence-corrected chi connectivity index (χ0v) is 38.5. The normalized spacial score (nSPS) is 12.5. The Hall–Kier alpha value is -6.92. The lowest BCUT2D eigenvalue weighted by Crippen LogP contribution is -1.98. The van der Waals surface area contributed by atoms with Crippen molar-refractivity contribution < 1.29 is 0 Å². The van der Waals surface area contributed by atoms with Gasteiger partial charge in [0.1, 0.15) is 0 Å². The van der Waals surface area contributed by atoms with Crippen LogP contribution in [0.15, 0.2) is 121 Å². The second kappa shape index (κ2) is 18.5. The number of para-hydroxylation sites is 2. The number of hydrogen-bond acceptors (Lipinski definition) is 2. The third kappa shape index (κ3) is 8.08. The van der Waals surface area contributed by atoms with Gasteiger partial charge >= 0.3 is 0 Å². The summed E-state index contributed by atoms with van der Waals surface area (Å²) in [5.41, 5.74) is 17.4. The highest BCUT2D eigenvalue weighted by atomic mass is 15.0. The van der Waals surface area contributed by atoms with Crippen molar-refractivity contribution >= 4 is 90.0 Å². The molecule has 8 bridgehead atoms. The Bertz CT molecular complexity index is 3240. The molecule has 0 fully saturated rings. The molecule has 5 aromatic heterocycles. The predicted molar refractivity (Wildman–Crippen MR) is 282 cm³/mol. The first-order chi connectivity index (χ1) is 32.6. The number of aromatic amines is 2. The van der Waals surface area contributed by atoms with E-state index in [-0.39, 0.29) is 0 Å². The monoisotopic (exact) mass is 864 g/mol. The number of aryl methyl sites for hydroxylation is 2. The van der Waals surface area contributed by atoms with E-state index in [1.165, 1.54) is 121 Å². The number of hydrogen-bond donors (Lipinski definition) is 2. The average molecular weight is 865 g/mol. The van der Waals surface area contributed by atoms with Crippen molar-refractivity contribution in [3.05, 3.63) is 144 Å². The fraction of sp³-hybridized carbons (Fsp3) is 0.267. The molecule has 4 aromatic carbocycles. The Morgan fingerprint density at radius 3 is 1.29 bits per heavy atom. The molecule has 7 heterocycles. The molecule has 0 saturated carbocycles. The van der Waals surface area contributed by atoms with Gasteiger partial charge in [-0.1, -0.05) is 139 Å². The van der Waals surface area contributed by atoms with Crippen molar-refractivity contribution in [3.8, 4) is 22.3 Å². The van der Waals surface area contributed by atoms with Crippen molar-refractivity contribution in [2.75, 3.05) is 0 Å². The van der Waals surface area contributed by atoms with Gasteiger partial charge in [0.2, 0.25) is 0 Å². The highest BCUT2D eigenvalue weighted by Gasteiger charge is 2.18. The number of aromatic nitrogens is 6. The van der Waals surface area contributed by atoms with Crippen LogP contribution in [0.25, 0.3) is 112 Å². The molecule has 6 nitrogen and oxygen atoms in total. The lowest BCUT2D eigenvalue weighted by molar-refractivity contribution is 0.571. The first-order valence-electron chi connectivity index (χ1n) is 24.8. The minimum Gasteiger partial charge on any atom is -0.355 e. The molecule has 330 valence electrons. The molecule has 66 heavy (non-hydrogen) atoms. The molecule has 0 amide bonds. The van der Waals surface area contributed by atoms with E-state index < -0.39 is 0 Å². The van der Waals surface area contributed by atoms with Crippen LogP contribution in [0.4, 0.5) is 0 Å². The highest BCUT2D eigenvalue weighted by molar-refractivity contribution is 6.11. The first-order valence-corrected chi connectivity index (χ1v) is 24.8. The Labute approximate surface area is 387 Å². The van der Waals surface area contributed by atoms with Crippen LogP contribution in [-0.2, 0) is 13.1 Å². The summed E-state index contributed by atoms with van der Waals surface area (Å²) in [5.74, 6) is 0. The molecule has 0 aliphatic carbocycles. The number of H-pyrrole nitrogens is 2. The average Bonchev–Trinajstić information content (AvgIpc) is 4.23. The van der Waals surface area contributed by atoms with Crippen molar-refractivity contribution in [3.63, 3.8) is 0 Å². The summed E-state index contributed by atoms with van der Waals surface area (Å²) in [4.78, 5) is 18.2. The van der Waals surface area contributed by atoms with E-state index in [0.717, 1.165) is 80.2 Å².